The summed E-state index contributed by atoms with van der Waals surface area (Å²) in [5.41, 5.74) is 0. The largest absolute Gasteiger partial charge is 0.756 e. The molecule has 10 heteroatoms. The molecule has 0 saturated heterocycles. The number of ether oxygens (including phenoxy) is 2. The van der Waals surface area contributed by atoms with Gasteiger partial charge in [0, 0.05) is 12.8 Å². The smallest absolute Gasteiger partial charge is 0.306 e. The Morgan fingerprint density at radius 1 is 0.372 bits per heavy atom. The Bertz CT molecular complexity index is 1770. The number of carbonyl (C=O) groups excluding carboxylic acids is 2. The van der Waals surface area contributed by atoms with Gasteiger partial charge in [-0.05, 0) is 96.3 Å². The van der Waals surface area contributed by atoms with Gasteiger partial charge in [0.25, 0.3) is 7.82 Å². The average Bonchev–Trinajstić information content (AvgIpc) is 3.56. The summed E-state index contributed by atoms with van der Waals surface area (Å²) in [4.78, 5) is 38.1. The van der Waals surface area contributed by atoms with E-state index >= 15 is 0 Å². The molecule has 0 saturated carbocycles. The van der Waals surface area contributed by atoms with Crippen molar-refractivity contribution < 1.29 is 42.1 Å². The summed E-state index contributed by atoms with van der Waals surface area (Å²) in [7, 11) is 1.17. The molecule has 9 nitrogen and oxygen atoms in total. The Labute approximate surface area is 532 Å². The third-order valence-corrected chi connectivity index (χ3v) is 16.6. The minimum absolute atomic E-state index is 0.0329. The van der Waals surface area contributed by atoms with Crippen LogP contribution in [0.2, 0.25) is 0 Å². The highest BCUT2D eigenvalue weighted by Crippen LogP contribution is 2.38. The highest BCUT2D eigenvalue weighted by atomic mass is 31.2. The van der Waals surface area contributed by atoms with Gasteiger partial charge in [0.1, 0.15) is 19.8 Å². The molecule has 0 aromatic carbocycles. The number of quaternary nitrogens is 1. The van der Waals surface area contributed by atoms with Crippen LogP contribution in [0.4, 0.5) is 0 Å². The second-order valence-electron chi connectivity index (χ2n) is 25.2. The molecule has 0 aromatic heterocycles. The van der Waals surface area contributed by atoms with E-state index < -0.39 is 26.5 Å². The van der Waals surface area contributed by atoms with Crippen LogP contribution in [0, 0.1) is 0 Å². The lowest BCUT2D eigenvalue weighted by Crippen LogP contribution is -2.37. The van der Waals surface area contributed by atoms with Gasteiger partial charge in [-0.1, -0.05) is 310 Å². The van der Waals surface area contributed by atoms with E-state index in [9.17, 15) is 19.0 Å². The van der Waals surface area contributed by atoms with E-state index in [0.29, 0.717) is 17.4 Å². The van der Waals surface area contributed by atoms with Gasteiger partial charge in [-0.25, -0.2) is 0 Å². The third kappa shape index (κ3) is 70.0. The highest BCUT2D eigenvalue weighted by Gasteiger charge is 2.22. The molecule has 0 N–H and O–H groups in total. The minimum atomic E-state index is -4.65. The van der Waals surface area contributed by atoms with Crippen LogP contribution in [-0.2, 0) is 32.7 Å². The maximum absolute atomic E-state index is 12.9. The van der Waals surface area contributed by atoms with Gasteiger partial charge in [0.2, 0.25) is 0 Å². The first-order valence-electron chi connectivity index (χ1n) is 35.9. The van der Waals surface area contributed by atoms with E-state index in [-0.39, 0.29) is 32.0 Å². The average molecular weight is 1220 g/mol. The fourth-order valence-corrected chi connectivity index (χ4v) is 10.8. The quantitative estimate of drug-likeness (QED) is 0.0195. The standard InChI is InChI=1S/C76H136NO8P/c1-6-8-10-12-14-16-18-20-22-24-26-28-30-32-34-35-36-37-38-39-40-41-43-45-47-49-51-53-55-57-59-61-63-65-67-69-76(79)85-74(73-84-86(80,81)83-71-70-77(3,4)5)72-82-75(78)68-66-64-62-60-58-56-54-52-50-48-46-44-42-33-31-29-27-25-23-21-19-17-15-13-11-9-7-2/h8,10,14,16,20,22,25-28,32,34,36-37,39-40,74H,6-7,9,11-13,15,17-19,21,23-24,29-31,33,35,38,41-73H2,1-5H3/b10-8-,16-14-,22-20-,27-25-,28-26-,34-32-,37-36-,40-39-. The van der Waals surface area contributed by atoms with E-state index in [1.165, 1.54) is 205 Å². The van der Waals surface area contributed by atoms with E-state index in [2.05, 4.69) is 111 Å². The van der Waals surface area contributed by atoms with Crippen molar-refractivity contribution in [3.05, 3.63) is 97.2 Å². The lowest BCUT2D eigenvalue weighted by atomic mass is 10.0. The van der Waals surface area contributed by atoms with Crippen LogP contribution in [0.5, 0.6) is 0 Å². The Hall–Kier alpha value is -3.07. The first-order valence-corrected chi connectivity index (χ1v) is 37.4. The van der Waals surface area contributed by atoms with Gasteiger partial charge in [-0.15, -0.1) is 0 Å². The molecule has 0 aromatic rings. The fraction of sp³-hybridized carbons (Fsp3) is 0.763. The molecule has 0 rings (SSSR count). The predicted octanol–water partition coefficient (Wildman–Crippen LogP) is 22.9. The second-order valence-corrected chi connectivity index (χ2v) is 26.6. The van der Waals surface area contributed by atoms with Crippen LogP contribution < -0.4 is 4.89 Å². The number of nitrogens with zero attached hydrogens (tertiary/aromatic N) is 1. The summed E-state index contributed by atoms with van der Waals surface area (Å²) in [5, 5.41) is 0. The molecule has 0 bridgehead atoms. The Morgan fingerprint density at radius 2 is 0.663 bits per heavy atom. The summed E-state index contributed by atoms with van der Waals surface area (Å²) in [5.74, 6) is -0.825. The van der Waals surface area contributed by atoms with Crippen molar-refractivity contribution >= 4 is 19.8 Å². The Balaban J connectivity index is 4.04. The lowest BCUT2D eigenvalue weighted by molar-refractivity contribution is -0.870. The maximum atomic E-state index is 12.9. The molecule has 0 radical (unpaired) electrons. The molecule has 2 unspecified atom stereocenters. The van der Waals surface area contributed by atoms with Gasteiger partial charge in [-0.2, -0.15) is 0 Å². The summed E-state index contributed by atoms with van der Waals surface area (Å²) in [6.07, 6.45) is 92.0. The zero-order valence-corrected chi connectivity index (χ0v) is 57.6. The number of hydrogen-bond acceptors (Lipinski definition) is 8. The number of phosphoric acid groups is 1. The molecule has 0 heterocycles. The molecule has 86 heavy (non-hydrogen) atoms. The molecule has 0 spiro atoms. The van der Waals surface area contributed by atoms with Crippen molar-refractivity contribution in [2.75, 3.05) is 47.5 Å². The Morgan fingerprint density at radius 3 is 1.00 bits per heavy atom. The van der Waals surface area contributed by atoms with E-state index in [1.807, 2.05) is 21.1 Å². The van der Waals surface area contributed by atoms with Gasteiger partial charge in [0.05, 0.1) is 27.7 Å². The van der Waals surface area contributed by atoms with Crippen LogP contribution in [0.25, 0.3) is 0 Å². The number of likely N-dealkylation sites (N-methyl/N-ethyl adjacent to an activating group) is 1. The summed E-state index contributed by atoms with van der Waals surface area (Å²) >= 11 is 0. The Kier molecular flexibility index (Phi) is 64.0. The summed E-state index contributed by atoms with van der Waals surface area (Å²) in [6.45, 7) is 4.16. The number of rotatable bonds is 66. The fourth-order valence-electron chi connectivity index (χ4n) is 10.1. The molecule has 0 amide bonds. The third-order valence-electron chi connectivity index (χ3n) is 15.6. The number of esters is 2. The van der Waals surface area contributed by atoms with Gasteiger partial charge in [0.15, 0.2) is 6.10 Å². The summed E-state index contributed by atoms with van der Waals surface area (Å²) in [6, 6.07) is 0. The highest BCUT2D eigenvalue weighted by molar-refractivity contribution is 7.45. The normalized spacial score (nSPS) is 13.7. The van der Waals surface area contributed by atoms with Gasteiger partial charge in [-0.3, -0.25) is 14.2 Å². The van der Waals surface area contributed by atoms with Crippen molar-refractivity contribution in [3.63, 3.8) is 0 Å². The van der Waals surface area contributed by atoms with Crippen molar-refractivity contribution in [2.24, 2.45) is 0 Å². The number of phosphoric ester groups is 1. The first-order chi connectivity index (χ1) is 42.0. The number of allylic oxidation sites excluding steroid dienone is 16. The number of carbonyl (C=O) groups is 2. The minimum Gasteiger partial charge on any atom is -0.756 e. The van der Waals surface area contributed by atoms with E-state index in [1.54, 1.807) is 0 Å². The molecular formula is C76H136NO8P. The SMILES string of the molecule is CC/C=C\C/C=C\C/C=C\C/C=C\C/C=C\C/C=C\C/C=C\CCCCCCCCCCCCCCCC(=O)OC(COC(=O)CCCCCCCCCCCCCCCCC/C=C\CCCCCCCCCC)COP(=O)([O-])OCC[N+](C)(C)C. The molecule has 498 valence electrons. The van der Waals surface area contributed by atoms with Crippen molar-refractivity contribution in [2.45, 2.75) is 328 Å². The number of hydrogen-bond donors (Lipinski definition) is 0. The number of unbranched alkanes of at least 4 members (excludes halogenated alkanes) is 36. The zero-order valence-electron chi connectivity index (χ0n) is 56.7. The van der Waals surface area contributed by atoms with E-state index in [0.717, 1.165) is 83.5 Å². The predicted molar refractivity (Wildman–Crippen MR) is 369 cm³/mol. The van der Waals surface area contributed by atoms with E-state index in [4.69, 9.17) is 18.5 Å². The lowest BCUT2D eigenvalue weighted by Gasteiger charge is -2.28. The molecule has 0 aliphatic heterocycles. The molecule has 0 fully saturated rings. The van der Waals surface area contributed by atoms with Gasteiger partial charge < -0.3 is 27.9 Å². The topological polar surface area (TPSA) is 111 Å². The van der Waals surface area contributed by atoms with Crippen LogP contribution in [0.15, 0.2) is 97.2 Å². The summed E-state index contributed by atoms with van der Waals surface area (Å²) < 4.78 is 34.3. The molecular weight excluding hydrogens is 1090 g/mol. The monoisotopic (exact) mass is 1220 g/mol. The second kappa shape index (κ2) is 66.4. The van der Waals surface area contributed by atoms with Crippen molar-refractivity contribution in [1.82, 2.24) is 0 Å². The molecule has 2 atom stereocenters. The van der Waals surface area contributed by atoms with Crippen LogP contribution in [-0.4, -0.2) is 70.0 Å². The maximum Gasteiger partial charge on any atom is 0.306 e. The van der Waals surface area contributed by atoms with Crippen LogP contribution in [0.1, 0.15) is 322 Å². The zero-order chi connectivity index (χ0) is 62.6. The van der Waals surface area contributed by atoms with Crippen molar-refractivity contribution in [3.8, 4) is 0 Å². The molecule has 0 aliphatic rings. The van der Waals surface area contributed by atoms with Crippen LogP contribution in [0.3, 0.4) is 0 Å². The van der Waals surface area contributed by atoms with Crippen LogP contribution >= 0.6 is 7.82 Å². The molecule has 0 aliphatic carbocycles. The first kappa shape index (κ1) is 82.9. The van der Waals surface area contributed by atoms with Gasteiger partial charge >= 0.3 is 11.9 Å². The van der Waals surface area contributed by atoms with Crippen molar-refractivity contribution in [1.29, 1.82) is 0 Å².